The molecule has 2 aromatic carbocycles. The van der Waals surface area contributed by atoms with Crippen molar-refractivity contribution in [1.29, 1.82) is 0 Å². The summed E-state index contributed by atoms with van der Waals surface area (Å²) in [5, 5.41) is 13.6. The van der Waals surface area contributed by atoms with E-state index in [4.69, 9.17) is 4.74 Å². The van der Waals surface area contributed by atoms with Gasteiger partial charge >= 0.3 is 6.09 Å². The van der Waals surface area contributed by atoms with Gasteiger partial charge in [-0.3, -0.25) is 0 Å². The maximum Gasteiger partial charge on any atom is 0.407 e. The summed E-state index contributed by atoms with van der Waals surface area (Å²) in [6.07, 6.45) is 0.613. The lowest BCUT2D eigenvalue weighted by Crippen LogP contribution is -2.60. The van der Waals surface area contributed by atoms with Crippen LogP contribution in [0, 0.1) is 0 Å². The predicted molar refractivity (Wildman–Crippen MR) is 108 cm³/mol. The van der Waals surface area contributed by atoms with E-state index in [1.165, 1.54) is 22.3 Å². The van der Waals surface area contributed by atoms with E-state index in [2.05, 4.69) is 29.6 Å². The van der Waals surface area contributed by atoms with Gasteiger partial charge in [0, 0.05) is 5.92 Å². The highest BCUT2D eigenvalue weighted by molar-refractivity contribution is 5.79. The average molecular weight is 367 g/mol. The Kier molecular flexibility index (Phi) is 5.29. The van der Waals surface area contributed by atoms with Gasteiger partial charge in [-0.2, -0.15) is 0 Å². The highest BCUT2D eigenvalue weighted by atomic mass is 16.5. The van der Waals surface area contributed by atoms with Gasteiger partial charge in [-0.15, -0.1) is 0 Å². The van der Waals surface area contributed by atoms with Crippen molar-refractivity contribution in [3.63, 3.8) is 0 Å². The van der Waals surface area contributed by atoms with Crippen LogP contribution in [0.15, 0.2) is 48.5 Å². The van der Waals surface area contributed by atoms with Gasteiger partial charge in [0.1, 0.15) is 6.61 Å². The first-order chi connectivity index (χ1) is 12.8. The Balaban J connectivity index is 1.73. The van der Waals surface area contributed by atoms with Gasteiger partial charge in [0.05, 0.1) is 11.1 Å². The Hall–Kier alpha value is -2.33. The Labute approximate surface area is 161 Å². The van der Waals surface area contributed by atoms with Crippen molar-refractivity contribution in [3.8, 4) is 11.1 Å². The molecule has 0 saturated carbocycles. The zero-order valence-corrected chi connectivity index (χ0v) is 16.6. The summed E-state index contributed by atoms with van der Waals surface area (Å²) < 4.78 is 5.60. The number of nitrogens with one attached hydrogen (secondary N) is 1. The molecule has 27 heavy (non-hydrogen) atoms. The molecule has 0 saturated heterocycles. The number of aliphatic hydroxyl groups is 1. The van der Waals surface area contributed by atoms with Crippen molar-refractivity contribution in [2.24, 2.45) is 0 Å². The maximum absolute atomic E-state index is 12.5. The summed E-state index contributed by atoms with van der Waals surface area (Å²) in [6, 6.07) is 16.5. The van der Waals surface area contributed by atoms with Crippen LogP contribution in [0.25, 0.3) is 11.1 Å². The van der Waals surface area contributed by atoms with E-state index >= 15 is 0 Å². The Morgan fingerprint density at radius 3 is 1.96 bits per heavy atom. The first-order valence-corrected chi connectivity index (χ1v) is 9.68. The minimum atomic E-state index is -0.974. The molecule has 0 unspecified atom stereocenters. The van der Waals surface area contributed by atoms with Crippen LogP contribution in [0.4, 0.5) is 4.79 Å². The van der Waals surface area contributed by atoms with E-state index in [0.717, 1.165) is 0 Å². The molecule has 0 aliphatic heterocycles. The first-order valence-electron chi connectivity index (χ1n) is 9.68. The Bertz CT molecular complexity index is 778. The normalized spacial score (nSPS) is 13.8. The maximum atomic E-state index is 12.5. The summed E-state index contributed by atoms with van der Waals surface area (Å²) in [4.78, 5) is 12.5. The van der Waals surface area contributed by atoms with Crippen LogP contribution in [0.5, 0.6) is 0 Å². The molecule has 2 N–H and O–H groups in total. The second-order valence-electron chi connectivity index (χ2n) is 7.81. The van der Waals surface area contributed by atoms with Crippen molar-refractivity contribution < 1.29 is 14.6 Å². The molecule has 1 aliphatic carbocycles. The minimum Gasteiger partial charge on any atom is -0.449 e. The molecule has 0 radical (unpaired) electrons. The van der Waals surface area contributed by atoms with E-state index < -0.39 is 17.2 Å². The Morgan fingerprint density at radius 2 is 1.48 bits per heavy atom. The van der Waals surface area contributed by atoms with Crippen LogP contribution in [-0.2, 0) is 4.74 Å². The molecular formula is C23H29NO3. The van der Waals surface area contributed by atoms with E-state index in [9.17, 15) is 9.90 Å². The molecule has 0 spiro atoms. The lowest BCUT2D eigenvalue weighted by molar-refractivity contribution is -0.0434. The number of rotatable bonds is 6. The van der Waals surface area contributed by atoms with Gasteiger partial charge in [-0.1, -0.05) is 62.4 Å². The second-order valence-corrected chi connectivity index (χ2v) is 7.81. The monoisotopic (exact) mass is 367 g/mol. The fourth-order valence-corrected chi connectivity index (χ4v) is 4.14. The van der Waals surface area contributed by atoms with Crippen molar-refractivity contribution in [2.75, 3.05) is 6.61 Å². The quantitative estimate of drug-likeness (QED) is 0.767. The predicted octanol–water partition coefficient (Wildman–Crippen LogP) is 4.85. The van der Waals surface area contributed by atoms with E-state index in [-0.39, 0.29) is 12.5 Å². The standard InChI is InChI=1S/C23H29NO3/c1-5-23(26,6-2)22(3,4)24-21(25)27-15-20-18-13-9-7-11-16(18)17-12-8-10-14-19(17)20/h7-14,20,26H,5-6,15H2,1-4H3,(H,24,25). The molecule has 0 aromatic heterocycles. The second kappa shape index (κ2) is 7.35. The molecule has 2 aromatic rings. The summed E-state index contributed by atoms with van der Waals surface area (Å²) in [6.45, 7) is 7.78. The average Bonchev–Trinajstić information content (AvgIpc) is 2.99. The van der Waals surface area contributed by atoms with E-state index in [1.54, 1.807) is 0 Å². The largest absolute Gasteiger partial charge is 0.449 e. The number of carbonyl (C=O) groups excluding carboxylic acids is 1. The van der Waals surface area contributed by atoms with Gasteiger partial charge in [0.2, 0.25) is 0 Å². The SMILES string of the molecule is CCC(O)(CC)C(C)(C)NC(=O)OCC1c2ccccc2-c2ccccc21. The van der Waals surface area contributed by atoms with Crippen LogP contribution >= 0.6 is 0 Å². The number of amides is 1. The van der Waals surface area contributed by atoms with E-state index in [1.807, 2.05) is 52.0 Å². The highest BCUT2D eigenvalue weighted by Crippen LogP contribution is 2.44. The number of ether oxygens (including phenoxy) is 1. The molecule has 4 nitrogen and oxygen atoms in total. The summed E-state index contributed by atoms with van der Waals surface area (Å²) >= 11 is 0. The van der Waals surface area contributed by atoms with Gasteiger partial charge in [0.25, 0.3) is 0 Å². The molecule has 1 amide bonds. The topological polar surface area (TPSA) is 58.6 Å². The van der Waals surface area contributed by atoms with Crippen molar-refractivity contribution in [2.45, 2.75) is 57.6 Å². The summed E-state index contributed by atoms with van der Waals surface area (Å²) in [5.41, 5.74) is 3.02. The van der Waals surface area contributed by atoms with E-state index in [0.29, 0.717) is 12.8 Å². The van der Waals surface area contributed by atoms with Crippen molar-refractivity contribution in [3.05, 3.63) is 59.7 Å². The van der Waals surface area contributed by atoms with Crippen LogP contribution in [0.2, 0.25) is 0 Å². The van der Waals surface area contributed by atoms with Crippen LogP contribution < -0.4 is 5.32 Å². The third kappa shape index (κ3) is 3.46. The van der Waals surface area contributed by atoms with Gasteiger partial charge in [-0.25, -0.2) is 4.79 Å². The molecule has 1 aliphatic rings. The molecule has 0 heterocycles. The molecule has 144 valence electrons. The van der Waals surface area contributed by atoms with Crippen LogP contribution in [0.3, 0.4) is 0 Å². The number of hydrogen-bond donors (Lipinski definition) is 2. The fourth-order valence-electron chi connectivity index (χ4n) is 4.14. The van der Waals surface area contributed by atoms with Crippen molar-refractivity contribution >= 4 is 6.09 Å². The third-order valence-corrected chi connectivity index (χ3v) is 6.09. The van der Waals surface area contributed by atoms with Gasteiger partial charge in [0.15, 0.2) is 0 Å². The van der Waals surface area contributed by atoms with Crippen LogP contribution in [-0.4, -0.2) is 28.9 Å². The zero-order chi connectivity index (χ0) is 19.7. The van der Waals surface area contributed by atoms with Crippen molar-refractivity contribution in [1.82, 2.24) is 5.32 Å². The molecular weight excluding hydrogens is 338 g/mol. The smallest absolute Gasteiger partial charge is 0.407 e. The third-order valence-electron chi connectivity index (χ3n) is 6.09. The molecule has 4 heteroatoms. The summed E-state index contributed by atoms with van der Waals surface area (Å²) in [7, 11) is 0. The lowest BCUT2D eigenvalue weighted by atomic mass is 9.78. The van der Waals surface area contributed by atoms with Gasteiger partial charge < -0.3 is 15.2 Å². The minimum absolute atomic E-state index is 0.0301. The van der Waals surface area contributed by atoms with Gasteiger partial charge in [-0.05, 0) is 48.9 Å². The number of hydrogen-bond acceptors (Lipinski definition) is 3. The Morgan fingerprint density at radius 1 is 1.00 bits per heavy atom. The molecule has 3 rings (SSSR count). The number of fused-ring (bicyclic) bond motifs is 3. The molecule has 0 atom stereocenters. The molecule has 0 bridgehead atoms. The first kappa shape index (κ1) is 19.4. The fraction of sp³-hybridized carbons (Fsp3) is 0.435. The number of benzene rings is 2. The number of carbonyl (C=O) groups is 1. The number of alkyl carbamates (subject to hydrolysis) is 1. The summed E-state index contributed by atoms with van der Waals surface area (Å²) in [5.74, 6) is 0.0301. The van der Waals surface area contributed by atoms with Crippen LogP contribution in [0.1, 0.15) is 57.6 Å². The highest BCUT2D eigenvalue weighted by Gasteiger charge is 2.42. The molecule has 0 fully saturated rings. The lowest BCUT2D eigenvalue weighted by Gasteiger charge is -2.42. The zero-order valence-electron chi connectivity index (χ0n) is 16.6.